The van der Waals surface area contributed by atoms with Gasteiger partial charge in [0, 0.05) is 17.4 Å². The highest BCUT2D eigenvalue weighted by atomic mass is 19.2. The Labute approximate surface area is 124 Å². The van der Waals surface area contributed by atoms with E-state index in [1.54, 1.807) is 6.07 Å². The minimum atomic E-state index is -0.813. The standard InChI is InChI=1S/C17H20F2N2/c1-4-20-17(14-7-5-11(2)21-12(14)3)10-13-6-8-15(18)16(19)9-13/h5-9,17,20H,4,10H2,1-3H3. The van der Waals surface area contributed by atoms with Gasteiger partial charge in [0.15, 0.2) is 11.6 Å². The first-order chi connectivity index (χ1) is 10.0. The summed E-state index contributed by atoms with van der Waals surface area (Å²) in [5.41, 5.74) is 3.79. The first kappa shape index (κ1) is 15.6. The Hall–Kier alpha value is -1.81. The Morgan fingerprint density at radius 2 is 1.86 bits per heavy atom. The van der Waals surface area contributed by atoms with E-state index in [9.17, 15) is 8.78 Å². The number of benzene rings is 1. The van der Waals surface area contributed by atoms with Crippen molar-refractivity contribution in [1.29, 1.82) is 0 Å². The van der Waals surface area contributed by atoms with Crippen LogP contribution in [0.4, 0.5) is 8.78 Å². The minimum absolute atomic E-state index is 0.0351. The monoisotopic (exact) mass is 290 g/mol. The molecule has 2 rings (SSSR count). The maximum absolute atomic E-state index is 13.3. The van der Waals surface area contributed by atoms with Crippen molar-refractivity contribution < 1.29 is 8.78 Å². The molecule has 4 heteroatoms. The number of nitrogens with zero attached hydrogens (tertiary/aromatic N) is 1. The van der Waals surface area contributed by atoms with Crippen LogP contribution in [0.15, 0.2) is 30.3 Å². The van der Waals surface area contributed by atoms with Crippen LogP contribution in [-0.4, -0.2) is 11.5 Å². The normalized spacial score (nSPS) is 12.4. The van der Waals surface area contributed by atoms with Gasteiger partial charge in [-0.25, -0.2) is 8.78 Å². The van der Waals surface area contributed by atoms with E-state index in [4.69, 9.17) is 0 Å². The number of hydrogen-bond donors (Lipinski definition) is 1. The van der Waals surface area contributed by atoms with E-state index in [1.807, 2.05) is 32.9 Å². The van der Waals surface area contributed by atoms with Gasteiger partial charge in [0.2, 0.25) is 0 Å². The van der Waals surface area contributed by atoms with Crippen molar-refractivity contribution >= 4 is 0 Å². The summed E-state index contributed by atoms with van der Waals surface area (Å²) in [4.78, 5) is 4.48. The molecule has 0 saturated carbocycles. The van der Waals surface area contributed by atoms with E-state index in [-0.39, 0.29) is 6.04 Å². The van der Waals surface area contributed by atoms with Gasteiger partial charge in [-0.2, -0.15) is 0 Å². The van der Waals surface area contributed by atoms with Crippen LogP contribution in [-0.2, 0) is 6.42 Å². The highest BCUT2D eigenvalue weighted by Crippen LogP contribution is 2.22. The summed E-state index contributed by atoms with van der Waals surface area (Å²) >= 11 is 0. The fraction of sp³-hybridized carbons (Fsp3) is 0.353. The summed E-state index contributed by atoms with van der Waals surface area (Å²) in [5.74, 6) is -1.62. The summed E-state index contributed by atoms with van der Waals surface area (Å²) in [5, 5.41) is 3.39. The molecule has 0 aliphatic heterocycles. The van der Waals surface area contributed by atoms with Crippen molar-refractivity contribution in [3.63, 3.8) is 0 Å². The maximum Gasteiger partial charge on any atom is 0.159 e. The number of likely N-dealkylation sites (N-methyl/N-ethyl adjacent to an activating group) is 1. The predicted molar refractivity (Wildman–Crippen MR) is 80.2 cm³/mol. The lowest BCUT2D eigenvalue weighted by Crippen LogP contribution is -2.24. The van der Waals surface area contributed by atoms with E-state index in [1.165, 1.54) is 12.1 Å². The van der Waals surface area contributed by atoms with Crippen LogP contribution in [0.1, 0.15) is 35.5 Å². The molecule has 2 aromatic rings. The number of hydrogen-bond acceptors (Lipinski definition) is 2. The van der Waals surface area contributed by atoms with Gasteiger partial charge in [-0.05, 0) is 56.1 Å². The van der Waals surface area contributed by atoms with Gasteiger partial charge < -0.3 is 5.32 Å². The topological polar surface area (TPSA) is 24.9 Å². The van der Waals surface area contributed by atoms with E-state index in [0.717, 1.165) is 29.1 Å². The van der Waals surface area contributed by atoms with E-state index in [2.05, 4.69) is 10.3 Å². The van der Waals surface area contributed by atoms with Crippen LogP contribution in [0, 0.1) is 25.5 Å². The molecule has 1 unspecified atom stereocenters. The van der Waals surface area contributed by atoms with Crippen molar-refractivity contribution in [1.82, 2.24) is 10.3 Å². The van der Waals surface area contributed by atoms with Gasteiger partial charge in [0.1, 0.15) is 0 Å². The molecule has 0 aliphatic rings. The maximum atomic E-state index is 13.3. The largest absolute Gasteiger partial charge is 0.310 e. The van der Waals surface area contributed by atoms with Crippen LogP contribution in [0.2, 0.25) is 0 Å². The molecule has 0 saturated heterocycles. The van der Waals surface area contributed by atoms with Crippen LogP contribution in [0.25, 0.3) is 0 Å². The van der Waals surface area contributed by atoms with Crippen molar-refractivity contribution in [3.05, 3.63) is 64.5 Å². The molecule has 0 aliphatic carbocycles. The smallest absolute Gasteiger partial charge is 0.159 e. The van der Waals surface area contributed by atoms with Gasteiger partial charge in [-0.15, -0.1) is 0 Å². The first-order valence-electron chi connectivity index (χ1n) is 7.12. The van der Waals surface area contributed by atoms with Gasteiger partial charge in [0.25, 0.3) is 0 Å². The predicted octanol–water partition coefficient (Wildman–Crippen LogP) is 3.87. The lowest BCUT2D eigenvalue weighted by Gasteiger charge is -2.20. The molecule has 1 aromatic carbocycles. The fourth-order valence-corrected chi connectivity index (χ4v) is 2.51. The van der Waals surface area contributed by atoms with Gasteiger partial charge in [-0.1, -0.05) is 19.1 Å². The second-order valence-corrected chi connectivity index (χ2v) is 5.19. The molecule has 112 valence electrons. The SMILES string of the molecule is CCNC(Cc1ccc(F)c(F)c1)c1ccc(C)nc1C. The second-order valence-electron chi connectivity index (χ2n) is 5.19. The molecule has 1 heterocycles. The number of nitrogens with one attached hydrogen (secondary N) is 1. The number of halogens is 2. The highest BCUT2D eigenvalue weighted by Gasteiger charge is 2.15. The van der Waals surface area contributed by atoms with Crippen LogP contribution < -0.4 is 5.32 Å². The zero-order valence-electron chi connectivity index (χ0n) is 12.6. The minimum Gasteiger partial charge on any atom is -0.310 e. The molecule has 0 bridgehead atoms. The average Bonchev–Trinajstić information content (AvgIpc) is 2.42. The molecule has 1 aromatic heterocycles. The molecular formula is C17H20F2N2. The number of rotatable bonds is 5. The Kier molecular flexibility index (Phi) is 5.02. The Morgan fingerprint density at radius 3 is 2.48 bits per heavy atom. The highest BCUT2D eigenvalue weighted by molar-refractivity contribution is 5.28. The fourth-order valence-electron chi connectivity index (χ4n) is 2.51. The quantitative estimate of drug-likeness (QED) is 0.904. The Morgan fingerprint density at radius 1 is 1.10 bits per heavy atom. The van der Waals surface area contributed by atoms with E-state index < -0.39 is 11.6 Å². The summed E-state index contributed by atoms with van der Waals surface area (Å²) in [6.07, 6.45) is 0.594. The third kappa shape index (κ3) is 3.85. The number of aryl methyl sites for hydroxylation is 2. The lowest BCUT2D eigenvalue weighted by atomic mass is 9.97. The van der Waals surface area contributed by atoms with Crippen molar-refractivity contribution in [2.24, 2.45) is 0 Å². The van der Waals surface area contributed by atoms with E-state index >= 15 is 0 Å². The molecule has 0 spiro atoms. The summed E-state index contributed by atoms with van der Waals surface area (Å²) < 4.78 is 26.4. The Bertz CT molecular complexity index is 626. The third-order valence-electron chi connectivity index (χ3n) is 3.52. The van der Waals surface area contributed by atoms with E-state index in [0.29, 0.717) is 6.42 Å². The molecule has 0 amide bonds. The van der Waals surface area contributed by atoms with Crippen LogP contribution >= 0.6 is 0 Å². The van der Waals surface area contributed by atoms with Crippen LogP contribution in [0.3, 0.4) is 0 Å². The summed E-state index contributed by atoms with van der Waals surface area (Å²) in [6, 6.07) is 8.11. The molecule has 2 nitrogen and oxygen atoms in total. The number of pyridine rings is 1. The third-order valence-corrected chi connectivity index (χ3v) is 3.52. The van der Waals surface area contributed by atoms with Crippen molar-refractivity contribution in [2.45, 2.75) is 33.2 Å². The summed E-state index contributed by atoms with van der Waals surface area (Å²) in [6.45, 7) is 6.74. The van der Waals surface area contributed by atoms with Gasteiger partial charge in [-0.3, -0.25) is 4.98 Å². The van der Waals surface area contributed by atoms with Crippen molar-refractivity contribution in [3.8, 4) is 0 Å². The first-order valence-corrected chi connectivity index (χ1v) is 7.12. The van der Waals surface area contributed by atoms with Gasteiger partial charge >= 0.3 is 0 Å². The molecule has 0 fully saturated rings. The Balaban J connectivity index is 2.28. The lowest BCUT2D eigenvalue weighted by molar-refractivity contribution is 0.502. The summed E-state index contributed by atoms with van der Waals surface area (Å²) in [7, 11) is 0. The molecule has 1 atom stereocenters. The zero-order chi connectivity index (χ0) is 15.4. The molecular weight excluding hydrogens is 270 g/mol. The molecule has 0 radical (unpaired) electrons. The van der Waals surface area contributed by atoms with Gasteiger partial charge in [0.05, 0.1) is 0 Å². The van der Waals surface area contributed by atoms with Crippen LogP contribution in [0.5, 0.6) is 0 Å². The number of aromatic nitrogens is 1. The molecule has 21 heavy (non-hydrogen) atoms. The average molecular weight is 290 g/mol. The molecule has 1 N–H and O–H groups in total. The zero-order valence-corrected chi connectivity index (χ0v) is 12.6. The van der Waals surface area contributed by atoms with Crippen molar-refractivity contribution in [2.75, 3.05) is 6.54 Å². The second kappa shape index (κ2) is 6.76.